The number of aromatic carboxylic acids is 2. The first-order valence-corrected chi connectivity index (χ1v) is 4.90. The van der Waals surface area contributed by atoms with E-state index >= 15 is 0 Å². The number of carbonyl (C=O) groups is 2. The van der Waals surface area contributed by atoms with Gasteiger partial charge >= 0.3 is 31.4 Å². The number of hydrogen-bond acceptors (Lipinski definition) is 4. The first-order chi connectivity index (χ1) is 8.61. The number of nitrogens with zero attached hydrogens (tertiary/aromatic N) is 2. The predicted octanol–water partition coefficient (Wildman–Crippen LogP) is 2.46. The summed E-state index contributed by atoms with van der Waals surface area (Å²) in [6, 6.07) is 9.51. The van der Waals surface area contributed by atoms with Gasteiger partial charge in [-0.2, -0.15) is 0 Å². The Morgan fingerprint density at radius 1 is 0.762 bits per heavy atom. The summed E-state index contributed by atoms with van der Waals surface area (Å²) in [5.74, 6) is -1.98. The van der Waals surface area contributed by atoms with Gasteiger partial charge in [0.25, 0.3) is 0 Å². The van der Waals surface area contributed by atoms with Crippen LogP contribution in [0.3, 0.4) is 0 Å². The van der Waals surface area contributed by atoms with E-state index in [9.17, 15) is 9.59 Å². The minimum atomic E-state index is -0.990. The number of hydrogen-bond donors (Lipinski definition) is 2. The Bertz CT molecular complexity index is 472. The molecular weight excluding hydrogens is 361 g/mol. The number of pyridine rings is 2. The first-order valence-electron chi connectivity index (χ1n) is 4.90. The molecule has 7 heteroatoms. The third kappa shape index (κ3) is 9.40. The van der Waals surface area contributed by atoms with Gasteiger partial charge in [-0.25, -0.2) is 19.6 Å². The van der Waals surface area contributed by atoms with Crippen molar-refractivity contribution in [2.75, 3.05) is 0 Å². The second kappa shape index (κ2) is 12.9. The van der Waals surface area contributed by atoms with Crippen molar-refractivity contribution in [2.24, 2.45) is 0 Å². The van der Waals surface area contributed by atoms with Gasteiger partial charge in [-0.05, 0) is 24.3 Å². The molecule has 0 aliphatic carbocycles. The Hall–Kier alpha value is -2.14. The minimum absolute atomic E-state index is 0. The maximum Gasteiger partial charge on any atom is 2.00 e. The molecule has 0 atom stereocenters. The molecule has 0 aliphatic rings. The molecule has 2 aromatic rings. The van der Waals surface area contributed by atoms with Crippen LogP contribution in [-0.4, -0.2) is 32.1 Å². The van der Waals surface area contributed by atoms with Crippen LogP contribution < -0.4 is 0 Å². The van der Waals surface area contributed by atoms with Crippen LogP contribution in [0.2, 0.25) is 0 Å². The average molecular weight is 377 g/mol. The Labute approximate surface area is 136 Å². The Kier molecular flexibility index (Phi) is 14.7. The van der Waals surface area contributed by atoms with E-state index in [0.717, 1.165) is 0 Å². The zero-order valence-corrected chi connectivity index (χ0v) is 13.3. The summed E-state index contributed by atoms with van der Waals surface area (Å²) in [6.45, 7) is 0. The maximum atomic E-state index is 10.1. The van der Waals surface area contributed by atoms with E-state index in [-0.39, 0.29) is 45.7 Å². The molecule has 114 valence electrons. The normalized spacial score (nSPS) is 7.62. The molecule has 0 aromatic carbocycles. The van der Waals surface area contributed by atoms with Crippen molar-refractivity contribution < 1.29 is 39.3 Å². The largest absolute Gasteiger partial charge is 2.00 e. The van der Waals surface area contributed by atoms with Crippen LogP contribution in [0.4, 0.5) is 0 Å². The van der Waals surface area contributed by atoms with Gasteiger partial charge in [0.15, 0.2) is 0 Å². The fourth-order valence-electron chi connectivity index (χ4n) is 0.979. The van der Waals surface area contributed by atoms with E-state index in [1.54, 1.807) is 24.3 Å². The topological polar surface area (TPSA) is 100 Å². The Morgan fingerprint density at radius 3 is 1.24 bits per heavy atom. The average Bonchev–Trinajstić information content (AvgIpc) is 2.41. The van der Waals surface area contributed by atoms with E-state index in [0.29, 0.717) is 0 Å². The number of carboxylic acid groups (broad SMARTS) is 2. The van der Waals surface area contributed by atoms with Crippen molar-refractivity contribution in [1.29, 1.82) is 0 Å². The van der Waals surface area contributed by atoms with E-state index in [2.05, 4.69) is 9.97 Å². The quantitative estimate of drug-likeness (QED) is 0.616. The summed E-state index contributed by atoms with van der Waals surface area (Å²) in [7, 11) is 0. The molecular formula is C14H16N2O4Ru. The van der Waals surface area contributed by atoms with Crippen LogP contribution in [0.1, 0.15) is 21.0 Å². The molecule has 0 radical (unpaired) electrons. The molecule has 0 aliphatic heterocycles. The van der Waals surface area contributed by atoms with Crippen molar-refractivity contribution in [3.8, 4) is 0 Å². The molecule has 2 heterocycles. The van der Waals surface area contributed by atoms with Gasteiger partial charge in [-0.1, -0.05) is 12.1 Å². The zero-order valence-electron chi connectivity index (χ0n) is 11.6. The Balaban J connectivity index is -0.000000270. The fourth-order valence-corrected chi connectivity index (χ4v) is 0.979. The van der Waals surface area contributed by atoms with Crippen LogP contribution in [0.15, 0.2) is 48.8 Å². The summed E-state index contributed by atoms with van der Waals surface area (Å²) in [5.41, 5.74) is 0.162. The van der Waals surface area contributed by atoms with Crippen LogP contribution in [0.25, 0.3) is 0 Å². The second-order valence-corrected chi connectivity index (χ2v) is 3.04. The minimum Gasteiger partial charge on any atom is -0.477 e. The molecule has 21 heavy (non-hydrogen) atoms. The van der Waals surface area contributed by atoms with E-state index in [1.807, 2.05) is 0 Å². The van der Waals surface area contributed by atoms with Gasteiger partial charge in [0, 0.05) is 12.4 Å². The molecule has 2 aromatic heterocycles. The molecule has 0 amide bonds. The van der Waals surface area contributed by atoms with E-state index < -0.39 is 11.9 Å². The maximum absolute atomic E-state index is 10.1. The van der Waals surface area contributed by atoms with Crippen molar-refractivity contribution >= 4 is 11.9 Å². The van der Waals surface area contributed by atoms with Crippen molar-refractivity contribution in [3.63, 3.8) is 0 Å². The smallest absolute Gasteiger partial charge is 0.477 e. The molecule has 0 saturated heterocycles. The van der Waals surface area contributed by atoms with Crippen LogP contribution in [-0.2, 0) is 19.5 Å². The molecule has 0 fully saturated rings. The van der Waals surface area contributed by atoms with Crippen LogP contribution in [0.5, 0.6) is 0 Å². The van der Waals surface area contributed by atoms with Crippen LogP contribution in [0, 0.1) is 14.9 Å². The zero-order chi connectivity index (χ0) is 13.4. The van der Waals surface area contributed by atoms with Crippen molar-refractivity contribution in [2.45, 2.75) is 0 Å². The third-order valence-corrected chi connectivity index (χ3v) is 1.77. The number of aromatic nitrogens is 2. The summed E-state index contributed by atoms with van der Waals surface area (Å²) in [6.07, 6.45) is 2.90. The van der Waals surface area contributed by atoms with E-state index in [4.69, 9.17) is 10.2 Å². The number of rotatable bonds is 2. The molecule has 0 saturated carbocycles. The summed E-state index contributed by atoms with van der Waals surface area (Å²) in [4.78, 5) is 27.4. The van der Waals surface area contributed by atoms with Crippen molar-refractivity contribution in [3.05, 3.63) is 75.0 Å². The standard InChI is InChI=1S/2C6H5NO2.2CH3.Ru/c2*8-6(9)5-3-1-2-4-7-5;;;/h2*1-4H,(H,8,9);2*1H3;/q;;2*-1;+2. The molecule has 2 rings (SSSR count). The second-order valence-electron chi connectivity index (χ2n) is 3.04. The van der Waals surface area contributed by atoms with Crippen molar-refractivity contribution in [1.82, 2.24) is 9.97 Å². The summed E-state index contributed by atoms with van der Waals surface area (Å²) < 4.78 is 0. The van der Waals surface area contributed by atoms with Gasteiger partial charge in [0.2, 0.25) is 0 Å². The molecule has 0 unspecified atom stereocenters. The van der Waals surface area contributed by atoms with Gasteiger partial charge in [0.1, 0.15) is 11.4 Å². The predicted molar refractivity (Wildman–Crippen MR) is 75.2 cm³/mol. The summed E-state index contributed by atoms with van der Waals surface area (Å²) >= 11 is 0. The van der Waals surface area contributed by atoms with E-state index in [1.165, 1.54) is 24.5 Å². The molecule has 0 spiro atoms. The monoisotopic (exact) mass is 378 g/mol. The van der Waals surface area contributed by atoms with Crippen LogP contribution >= 0.6 is 0 Å². The molecule has 6 nitrogen and oxygen atoms in total. The fraction of sp³-hybridized carbons (Fsp3) is 0. The molecule has 2 N–H and O–H groups in total. The molecule has 0 bridgehead atoms. The summed E-state index contributed by atoms with van der Waals surface area (Å²) in [5, 5.41) is 16.6. The third-order valence-electron chi connectivity index (χ3n) is 1.77. The van der Waals surface area contributed by atoms with Gasteiger partial charge < -0.3 is 25.1 Å². The SMILES string of the molecule is O=C(O)c1ccccn1.O=C(O)c1ccccn1.[CH3-].[CH3-].[Ru+2]. The van der Waals surface area contributed by atoms with Gasteiger partial charge in [-0.3, -0.25) is 0 Å². The number of carboxylic acids is 2. The first kappa shape index (κ1) is 23.9. The Morgan fingerprint density at radius 2 is 1.10 bits per heavy atom. The van der Waals surface area contributed by atoms with Gasteiger partial charge in [-0.15, -0.1) is 0 Å². The van der Waals surface area contributed by atoms with Gasteiger partial charge in [0.05, 0.1) is 0 Å².